The molecule has 1 aliphatic rings. The van der Waals surface area contributed by atoms with Gasteiger partial charge in [0.25, 0.3) is 0 Å². The van der Waals surface area contributed by atoms with Crippen LogP contribution in [-0.2, 0) is 5.41 Å². The van der Waals surface area contributed by atoms with Crippen LogP contribution in [0.3, 0.4) is 0 Å². The van der Waals surface area contributed by atoms with Gasteiger partial charge in [-0.3, -0.25) is 0 Å². The number of phenols is 1. The maximum atomic E-state index is 9.23. The van der Waals surface area contributed by atoms with Gasteiger partial charge in [0.2, 0.25) is 5.89 Å². The Morgan fingerprint density at radius 1 is 1.29 bits per heavy atom. The van der Waals surface area contributed by atoms with Crippen LogP contribution in [0.25, 0.3) is 11.3 Å². The van der Waals surface area contributed by atoms with E-state index in [2.05, 4.69) is 4.98 Å². The molecule has 17 heavy (non-hydrogen) atoms. The third-order valence-corrected chi connectivity index (χ3v) is 3.37. The van der Waals surface area contributed by atoms with Crippen LogP contribution < -0.4 is 5.73 Å². The first-order valence-corrected chi connectivity index (χ1v) is 5.69. The topological polar surface area (TPSA) is 72.3 Å². The molecule has 2 aromatic rings. The van der Waals surface area contributed by atoms with Gasteiger partial charge in [0.15, 0.2) is 0 Å². The molecule has 1 fully saturated rings. The number of nitrogens with two attached hydrogens (primary N) is 1. The lowest BCUT2D eigenvalue weighted by atomic mass is 10.1. The molecular formula is C13H14N2O2. The highest BCUT2D eigenvalue weighted by Gasteiger charge is 2.47. The third-order valence-electron chi connectivity index (χ3n) is 3.37. The summed E-state index contributed by atoms with van der Waals surface area (Å²) < 4.78 is 5.51. The fraction of sp³-hybridized carbons (Fsp3) is 0.308. The van der Waals surface area contributed by atoms with Crippen LogP contribution >= 0.6 is 0 Å². The zero-order chi connectivity index (χ0) is 11.9. The second-order valence-corrected chi connectivity index (χ2v) is 4.57. The molecule has 1 aliphatic carbocycles. The Balaban J connectivity index is 1.92. The lowest BCUT2D eigenvalue weighted by Crippen LogP contribution is -2.19. The molecule has 0 amide bonds. The molecule has 1 aromatic heterocycles. The summed E-state index contributed by atoms with van der Waals surface area (Å²) in [5.41, 5.74) is 7.44. The summed E-state index contributed by atoms with van der Waals surface area (Å²) in [5.74, 6) is 0.987. The van der Waals surface area contributed by atoms with E-state index in [0.717, 1.165) is 30.0 Å². The molecule has 0 aliphatic heterocycles. The van der Waals surface area contributed by atoms with Gasteiger partial charge in [-0.15, -0.1) is 0 Å². The molecule has 3 N–H and O–H groups in total. The van der Waals surface area contributed by atoms with Gasteiger partial charge in [-0.05, 0) is 37.1 Å². The molecule has 0 spiro atoms. The van der Waals surface area contributed by atoms with Gasteiger partial charge in [-0.25, -0.2) is 4.98 Å². The van der Waals surface area contributed by atoms with Crippen LogP contribution in [0.2, 0.25) is 0 Å². The molecule has 4 heteroatoms. The third kappa shape index (κ3) is 1.70. The number of hydrogen-bond acceptors (Lipinski definition) is 4. The van der Waals surface area contributed by atoms with E-state index in [1.54, 1.807) is 18.4 Å². The van der Waals surface area contributed by atoms with Gasteiger partial charge < -0.3 is 15.3 Å². The van der Waals surface area contributed by atoms with E-state index in [0.29, 0.717) is 6.54 Å². The first-order chi connectivity index (χ1) is 8.23. The van der Waals surface area contributed by atoms with Crippen molar-refractivity contribution in [3.05, 3.63) is 36.4 Å². The summed E-state index contributed by atoms with van der Waals surface area (Å²) in [6.45, 7) is 0.586. The Morgan fingerprint density at radius 3 is 2.59 bits per heavy atom. The molecule has 0 atom stereocenters. The summed E-state index contributed by atoms with van der Waals surface area (Å²) in [6, 6.07) is 6.91. The van der Waals surface area contributed by atoms with Crippen molar-refractivity contribution < 1.29 is 9.52 Å². The molecule has 0 unspecified atom stereocenters. The minimum Gasteiger partial charge on any atom is -0.508 e. The normalized spacial score (nSPS) is 17.0. The maximum absolute atomic E-state index is 9.23. The number of rotatable bonds is 3. The van der Waals surface area contributed by atoms with E-state index in [9.17, 15) is 5.11 Å². The van der Waals surface area contributed by atoms with Crippen molar-refractivity contribution in [2.75, 3.05) is 6.54 Å². The number of aromatic hydroxyl groups is 1. The average molecular weight is 230 g/mol. The Morgan fingerprint density at radius 2 is 2.00 bits per heavy atom. The summed E-state index contributed by atoms with van der Waals surface area (Å²) in [6.07, 6.45) is 3.76. The van der Waals surface area contributed by atoms with Crippen molar-refractivity contribution in [2.24, 2.45) is 5.73 Å². The molecule has 88 valence electrons. The molecule has 0 radical (unpaired) electrons. The van der Waals surface area contributed by atoms with Crippen molar-refractivity contribution in [1.82, 2.24) is 4.98 Å². The zero-order valence-corrected chi connectivity index (χ0v) is 9.39. The van der Waals surface area contributed by atoms with Crippen LogP contribution in [-0.4, -0.2) is 16.6 Å². The van der Waals surface area contributed by atoms with Gasteiger partial charge in [-0.1, -0.05) is 0 Å². The molecular weight excluding hydrogens is 216 g/mol. The molecule has 1 aromatic carbocycles. The van der Waals surface area contributed by atoms with Crippen molar-refractivity contribution in [3.63, 3.8) is 0 Å². The fourth-order valence-electron chi connectivity index (χ4n) is 1.94. The highest BCUT2D eigenvalue weighted by atomic mass is 16.3. The molecule has 1 heterocycles. The Hall–Kier alpha value is -1.81. The van der Waals surface area contributed by atoms with E-state index in [-0.39, 0.29) is 11.2 Å². The van der Waals surface area contributed by atoms with Gasteiger partial charge in [0.1, 0.15) is 17.7 Å². The van der Waals surface area contributed by atoms with Crippen molar-refractivity contribution >= 4 is 0 Å². The predicted molar refractivity (Wildman–Crippen MR) is 63.6 cm³/mol. The van der Waals surface area contributed by atoms with E-state index >= 15 is 0 Å². The van der Waals surface area contributed by atoms with Crippen molar-refractivity contribution in [3.8, 4) is 17.0 Å². The van der Waals surface area contributed by atoms with Gasteiger partial charge in [0, 0.05) is 12.1 Å². The minimum atomic E-state index is -0.0187. The lowest BCUT2D eigenvalue weighted by molar-refractivity contribution is 0.437. The fourth-order valence-corrected chi connectivity index (χ4v) is 1.94. The van der Waals surface area contributed by atoms with Crippen LogP contribution in [0.5, 0.6) is 5.75 Å². The minimum absolute atomic E-state index is 0.0187. The average Bonchev–Trinajstić information content (AvgIpc) is 3.00. The molecule has 0 bridgehead atoms. The number of phenolic OH excluding ortho intramolecular Hbond substituents is 1. The predicted octanol–water partition coefficient (Wildman–Crippen LogP) is 2.04. The standard InChI is InChI=1S/C13H14N2O2/c14-8-13(5-6-13)12-15-11(7-17-12)9-1-3-10(16)4-2-9/h1-4,7,16H,5-6,8,14H2. The van der Waals surface area contributed by atoms with Gasteiger partial charge in [-0.2, -0.15) is 0 Å². The van der Waals surface area contributed by atoms with Crippen molar-refractivity contribution in [1.29, 1.82) is 0 Å². The number of aromatic nitrogens is 1. The van der Waals surface area contributed by atoms with Gasteiger partial charge >= 0.3 is 0 Å². The van der Waals surface area contributed by atoms with E-state index < -0.39 is 0 Å². The first-order valence-electron chi connectivity index (χ1n) is 5.69. The smallest absolute Gasteiger partial charge is 0.202 e. The van der Waals surface area contributed by atoms with Crippen molar-refractivity contribution in [2.45, 2.75) is 18.3 Å². The summed E-state index contributed by atoms with van der Waals surface area (Å²) in [7, 11) is 0. The van der Waals surface area contributed by atoms with Gasteiger partial charge in [0.05, 0.1) is 5.41 Å². The van der Waals surface area contributed by atoms with Crippen LogP contribution in [0.15, 0.2) is 34.9 Å². The van der Waals surface area contributed by atoms with Crippen LogP contribution in [0, 0.1) is 0 Å². The first kappa shape index (κ1) is 10.4. The number of oxazole rings is 1. The van der Waals surface area contributed by atoms with E-state index in [1.165, 1.54) is 0 Å². The number of hydrogen-bond donors (Lipinski definition) is 2. The second kappa shape index (κ2) is 3.60. The highest BCUT2D eigenvalue weighted by molar-refractivity contribution is 5.59. The quantitative estimate of drug-likeness (QED) is 0.846. The van der Waals surface area contributed by atoms with E-state index in [1.807, 2.05) is 12.1 Å². The molecule has 3 rings (SSSR count). The number of nitrogens with zero attached hydrogens (tertiary/aromatic N) is 1. The Kier molecular flexibility index (Phi) is 2.19. The molecule has 0 saturated heterocycles. The van der Waals surface area contributed by atoms with Crippen LogP contribution in [0.4, 0.5) is 0 Å². The SMILES string of the molecule is NCC1(c2nc(-c3ccc(O)cc3)co2)CC1. The maximum Gasteiger partial charge on any atom is 0.202 e. The second-order valence-electron chi connectivity index (χ2n) is 4.57. The Labute approximate surface area is 99.1 Å². The monoisotopic (exact) mass is 230 g/mol. The molecule has 4 nitrogen and oxygen atoms in total. The van der Waals surface area contributed by atoms with E-state index in [4.69, 9.17) is 10.2 Å². The largest absolute Gasteiger partial charge is 0.508 e. The summed E-state index contributed by atoms with van der Waals surface area (Å²) in [5, 5.41) is 9.23. The number of benzene rings is 1. The zero-order valence-electron chi connectivity index (χ0n) is 9.39. The lowest BCUT2D eigenvalue weighted by Gasteiger charge is -2.05. The summed E-state index contributed by atoms with van der Waals surface area (Å²) in [4.78, 5) is 4.49. The summed E-state index contributed by atoms with van der Waals surface area (Å²) >= 11 is 0. The van der Waals surface area contributed by atoms with Crippen LogP contribution in [0.1, 0.15) is 18.7 Å². The highest BCUT2D eigenvalue weighted by Crippen LogP contribution is 2.47. The Bertz CT molecular complexity index is 527. The molecule has 1 saturated carbocycles.